The van der Waals surface area contributed by atoms with Gasteiger partial charge in [-0.3, -0.25) is 9.12 Å². The molecule has 0 saturated carbocycles. The van der Waals surface area contributed by atoms with E-state index in [2.05, 4.69) is 14.7 Å². The molecule has 4 aromatic rings. The summed E-state index contributed by atoms with van der Waals surface area (Å²) in [4.78, 5) is 7.88. The zero-order chi connectivity index (χ0) is 19.0. The average molecular weight is 386 g/mol. The number of anilines is 1. The Hall–Kier alpha value is -3.33. The highest BCUT2D eigenvalue weighted by Crippen LogP contribution is 2.25. The first kappa shape index (κ1) is 17.1. The van der Waals surface area contributed by atoms with Gasteiger partial charge in [-0.25, -0.2) is 27.2 Å². The minimum Gasteiger partial charge on any atom is -0.291 e. The van der Waals surface area contributed by atoms with E-state index in [1.165, 1.54) is 6.07 Å². The van der Waals surface area contributed by atoms with Crippen LogP contribution in [0.4, 0.5) is 14.5 Å². The minimum absolute atomic E-state index is 0.223. The van der Waals surface area contributed by atoms with Crippen LogP contribution in [0.2, 0.25) is 0 Å². The van der Waals surface area contributed by atoms with Gasteiger partial charge in [0.2, 0.25) is 5.78 Å². The number of nitrogens with zero attached hydrogens (tertiary/aromatic N) is 3. The summed E-state index contributed by atoms with van der Waals surface area (Å²) in [7, 11) is -4.21. The number of nitrogens with one attached hydrogen (secondary N) is 1. The minimum atomic E-state index is -4.21. The number of fused-ring (bicyclic) bond motifs is 1. The van der Waals surface area contributed by atoms with Crippen molar-refractivity contribution in [3.8, 4) is 11.3 Å². The second-order valence-electron chi connectivity index (χ2n) is 5.71. The molecule has 9 heteroatoms. The third-order valence-corrected chi connectivity index (χ3v) is 5.24. The highest BCUT2D eigenvalue weighted by molar-refractivity contribution is 7.92. The van der Waals surface area contributed by atoms with Crippen molar-refractivity contribution in [1.29, 1.82) is 0 Å². The van der Waals surface area contributed by atoms with Crippen LogP contribution in [-0.4, -0.2) is 22.8 Å². The van der Waals surface area contributed by atoms with Crippen molar-refractivity contribution in [1.82, 2.24) is 14.4 Å². The summed E-state index contributed by atoms with van der Waals surface area (Å²) >= 11 is 0. The largest absolute Gasteiger partial charge is 0.291 e. The van der Waals surface area contributed by atoms with Crippen LogP contribution in [-0.2, 0) is 10.0 Å². The van der Waals surface area contributed by atoms with Gasteiger partial charge in [0.25, 0.3) is 10.0 Å². The molecule has 0 aliphatic heterocycles. The number of hydrogen-bond acceptors (Lipinski definition) is 4. The second-order valence-corrected chi connectivity index (χ2v) is 7.36. The molecule has 0 fully saturated rings. The predicted molar refractivity (Wildman–Crippen MR) is 95.6 cm³/mol. The molecule has 0 atom stereocenters. The van der Waals surface area contributed by atoms with Crippen LogP contribution in [0.25, 0.3) is 17.0 Å². The van der Waals surface area contributed by atoms with Crippen LogP contribution in [0.3, 0.4) is 0 Å². The van der Waals surface area contributed by atoms with Crippen LogP contribution < -0.4 is 4.72 Å². The van der Waals surface area contributed by atoms with E-state index in [-0.39, 0.29) is 5.69 Å². The monoisotopic (exact) mass is 386 g/mol. The molecule has 0 bridgehead atoms. The van der Waals surface area contributed by atoms with E-state index in [1.54, 1.807) is 47.3 Å². The molecule has 0 spiro atoms. The van der Waals surface area contributed by atoms with Crippen LogP contribution in [0, 0.1) is 11.6 Å². The molecule has 0 aliphatic rings. The molecule has 0 amide bonds. The Morgan fingerprint density at radius 3 is 2.67 bits per heavy atom. The molecule has 0 saturated heterocycles. The average Bonchev–Trinajstić information content (AvgIpc) is 3.05. The third kappa shape index (κ3) is 3.36. The van der Waals surface area contributed by atoms with E-state index in [9.17, 15) is 17.2 Å². The first-order valence-corrected chi connectivity index (χ1v) is 9.29. The van der Waals surface area contributed by atoms with Gasteiger partial charge in [0.15, 0.2) is 0 Å². The number of imidazole rings is 1. The van der Waals surface area contributed by atoms with Crippen LogP contribution in [0.5, 0.6) is 0 Å². The van der Waals surface area contributed by atoms with Gasteiger partial charge in [-0.1, -0.05) is 12.1 Å². The SMILES string of the molecule is O=S(=O)(Nc1cccc(-c2cn3cccnc3n2)c1)c1ccc(F)cc1F. The number of aromatic nitrogens is 3. The zero-order valence-corrected chi connectivity index (χ0v) is 14.5. The van der Waals surface area contributed by atoms with Crippen molar-refractivity contribution in [2.24, 2.45) is 0 Å². The summed E-state index contributed by atoms with van der Waals surface area (Å²) in [6.07, 6.45) is 5.17. The van der Waals surface area contributed by atoms with E-state index in [0.717, 1.165) is 12.1 Å². The summed E-state index contributed by atoms with van der Waals surface area (Å²) in [5.74, 6) is -1.51. The van der Waals surface area contributed by atoms with Crippen molar-refractivity contribution in [3.05, 3.63) is 78.8 Å². The van der Waals surface area contributed by atoms with Crippen LogP contribution >= 0.6 is 0 Å². The Morgan fingerprint density at radius 1 is 1.04 bits per heavy atom. The van der Waals surface area contributed by atoms with Gasteiger partial charge in [0.1, 0.15) is 16.5 Å². The number of halogens is 2. The molecule has 4 rings (SSSR count). The molecule has 27 heavy (non-hydrogen) atoms. The Bertz CT molecular complexity index is 1220. The molecule has 2 aromatic heterocycles. The van der Waals surface area contributed by atoms with Gasteiger partial charge in [-0.15, -0.1) is 0 Å². The summed E-state index contributed by atoms with van der Waals surface area (Å²) in [5, 5.41) is 0. The molecular weight excluding hydrogens is 374 g/mol. The lowest BCUT2D eigenvalue weighted by molar-refractivity contribution is 0.551. The Kier molecular flexibility index (Phi) is 4.08. The molecular formula is C18H12F2N4O2S. The maximum absolute atomic E-state index is 13.8. The highest BCUT2D eigenvalue weighted by atomic mass is 32.2. The molecule has 0 unspecified atom stereocenters. The predicted octanol–water partition coefficient (Wildman–Crippen LogP) is 3.48. The standard InChI is InChI=1S/C18H12F2N4O2S/c19-13-5-6-17(15(20)10-13)27(25,26)23-14-4-1-3-12(9-14)16-11-24-8-2-7-21-18(24)22-16/h1-11,23H. The highest BCUT2D eigenvalue weighted by Gasteiger charge is 2.20. The molecule has 2 heterocycles. The van der Waals surface area contributed by atoms with Crippen LogP contribution in [0.15, 0.2) is 72.0 Å². The first-order valence-electron chi connectivity index (χ1n) is 7.80. The lowest BCUT2D eigenvalue weighted by Crippen LogP contribution is -2.14. The summed E-state index contributed by atoms with van der Waals surface area (Å²) in [6.45, 7) is 0. The normalized spacial score (nSPS) is 11.6. The van der Waals surface area contributed by atoms with Gasteiger partial charge in [0, 0.05) is 35.9 Å². The van der Waals surface area contributed by atoms with E-state index in [1.807, 2.05) is 0 Å². The van der Waals surface area contributed by atoms with Crippen molar-refractivity contribution < 1.29 is 17.2 Å². The summed E-state index contributed by atoms with van der Waals surface area (Å²) < 4.78 is 55.7. The maximum Gasteiger partial charge on any atom is 0.264 e. The fraction of sp³-hybridized carbons (Fsp3) is 0. The Labute approximate surface area is 153 Å². The number of hydrogen-bond donors (Lipinski definition) is 1. The van der Waals surface area contributed by atoms with E-state index in [0.29, 0.717) is 23.1 Å². The number of benzene rings is 2. The number of sulfonamides is 1. The third-order valence-electron chi connectivity index (χ3n) is 3.83. The van der Waals surface area contributed by atoms with Gasteiger partial charge in [-0.2, -0.15) is 0 Å². The quantitative estimate of drug-likeness (QED) is 0.583. The maximum atomic E-state index is 13.8. The van der Waals surface area contributed by atoms with Crippen molar-refractivity contribution in [2.75, 3.05) is 4.72 Å². The summed E-state index contributed by atoms with van der Waals surface area (Å²) in [6, 6.07) is 10.6. The molecule has 1 N–H and O–H groups in total. The second kappa shape index (κ2) is 6.44. The fourth-order valence-electron chi connectivity index (χ4n) is 2.61. The van der Waals surface area contributed by atoms with Crippen molar-refractivity contribution >= 4 is 21.5 Å². The molecule has 0 aliphatic carbocycles. The first-order chi connectivity index (χ1) is 12.9. The lowest BCUT2D eigenvalue weighted by atomic mass is 10.1. The molecule has 0 radical (unpaired) electrons. The van der Waals surface area contributed by atoms with Gasteiger partial charge in [0.05, 0.1) is 5.69 Å². The van der Waals surface area contributed by atoms with Crippen LogP contribution in [0.1, 0.15) is 0 Å². The van der Waals surface area contributed by atoms with E-state index >= 15 is 0 Å². The molecule has 136 valence electrons. The smallest absolute Gasteiger partial charge is 0.264 e. The van der Waals surface area contributed by atoms with Crippen molar-refractivity contribution in [3.63, 3.8) is 0 Å². The topological polar surface area (TPSA) is 76.4 Å². The number of rotatable bonds is 4. The lowest BCUT2D eigenvalue weighted by Gasteiger charge is -2.10. The van der Waals surface area contributed by atoms with E-state index in [4.69, 9.17) is 0 Å². The van der Waals surface area contributed by atoms with Gasteiger partial charge >= 0.3 is 0 Å². The van der Waals surface area contributed by atoms with Crippen molar-refractivity contribution in [2.45, 2.75) is 4.90 Å². The molecule has 6 nitrogen and oxygen atoms in total. The molecule has 2 aromatic carbocycles. The fourth-order valence-corrected chi connectivity index (χ4v) is 3.72. The van der Waals surface area contributed by atoms with E-state index < -0.39 is 26.6 Å². The van der Waals surface area contributed by atoms with Gasteiger partial charge < -0.3 is 0 Å². The Balaban J connectivity index is 1.68. The Morgan fingerprint density at radius 2 is 1.89 bits per heavy atom. The van der Waals surface area contributed by atoms with Gasteiger partial charge in [-0.05, 0) is 30.3 Å². The zero-order valence-electron chi connectivity index (χ0n) is 13.7. The summed E-state index contributed by atoms with van der Waals surface area (Å²) in [5.41, 5.74) is 1.48.